The average molecular weight is 269 g/mol. The third kappa shape index (κ3) is 4.42. The molecule has 1 saturated heterocycles. The number of hydrogen-bond acceptors (Lipinski definition) is 4. The van der Waals surface area contributed by atoms with Crippen LogP contribution in [0, 0.1) is 5.41 Å². The van der Waals surface area contributed by atoms with E-state index < -0.39 is 0 Å². The summed E-state index contributed by atoms with van der Waals surface area (Å²) in [4.78, 5) is 5.01. The molecule has 4 heteroatoms. The van der Waals surface area contributed by atoms with Gasteiger partial charge < -0.3 is 15.7 Å². The summed E-state index contributed by atoms with van der Waals surface area (Å²) in [6.45, 7) is 7.72. The summed E-state index contributed by atoms with van der Waals surface area (Å²) in [7, 11) is 0. The minimum atomic E-state index is 0.284. The highest BCUT2D eigenvalue weighted by Gasteiger charge is 2.32. The number of hydrogen-bond donors (Lipinski definition) is 2. The van der Waals surface area contributed by atoms with Gasteiger partial charge in [0.25, 0.3) is 0 Å². The number of aliphatic hydroxyl groups is 1. The molecule has 0 aromatic heterocycles. The summed E-state index contributed by atoms with van der Waals surface area (Å²) in [6.07, 6.45) is 7.98. The first kappa shape index (κ1) is 15.2. The fraction of sp³-hybridized carbons (Fsp3) is 1.00. The third-order valence-corrected chi connectivity index (χ3v) is 5.00. The highest BCUT2D eigenvalue weighted by Crippen LogP contribution is 2.36. The summed E-state index contributed by atoms with van der Waals surface area (Å²) in [6, 6.07) is 0. The fourth-order valence-corrected chi connectivity index (χ4v) is 3.75. The van der Waals surface area contributed by atoms with E-state index in [4.69, 9.17) is 10.8 Å². The molecule has 0 amide bonds. The van der Waals surface area contributed by atoms with E-state index >= 15 is 0 Å². The molecule has 0 aromatic rings. The first-order chi connectivity index (χ1) is 9.28. The van der Waals surface area contributed by atoms with Crippen LogP contribution in [0.3, 0.4) is 0 Å². The molecule has 0 spiro atoms. The van der Waals surface area contributed by atoms with Gasteiger partial charge in [-0.15, -0.1) is 0 Å². The average Bonchev–Trinajstić information content (AvgIpc) is 2.66. The van der Waals surface area contributed by atoms with Crippen LogP contribution in [0.4, 0.5) is 0 Å². The molecule has 112 valence electrons. The molecule has 2 fully saturated rings. The molecular weight excluding hydrogens is 238 g/mol. The normalized spacial score (nSPS) is 26.2. The molecule has 19 heavy (non-hydrogen) atoms. The van der Waals surface area contributed by atoms with E-state index in [0.717, 1.165) is 32.7 Å². The van der Waals surface area contributed by atoms with E-state index in [1.54, 1.807) is 0 Å². The van der Waals surface area contributed by atoms with Crippen molar-refractivity contribution in [3.05, 3.63) is 0 Å². The first-order valence-corrected chi connectivity index (χ1v) is 8.04. The molecule has 0 radical (unpaired) electrons. The van der Waals surface area contributed by atoms with Crippen LogP contribution < -0.4 is 5.73 Å². The highest BCUT2D eigenvalue weighted by molar-refractivity contribution is 4.87. The van der Waals surface area contributed by atoms with Gasteiger partial charge in [0, 0.05) is 26.2 Å². The van der Waals surface area contributed by atoms with Crippen LogP contribution in [0.25, 0.3) is 0 Å². The lowest BCUT2D eigenvalue weighted by Crippen LogP contribution is -2.45. The van der Waals surface area contributed by atoms with Gasteiger partial charge >= 0.3 is 0 Å². The maximum atomic E-state index is 9.04. The SMILES string of the molecule is NCC1(CN2CCCN(CCO)CC2)CCCCC1. The van der Waals surface area contributed by atoms with Crippen molar-refractivity contribution >= 4 is 0 Å². The van der Waals surface area contributed by atoms with Crippen molar-refractivity contribution in [1.29, 1.82) is 0 Å². The molecule has 4 nitrogen and oxygen atoms in total. The molecule has 1 saturated carbocycles. The summed E-state index contributed by atoms with van der Waals surface area (Å²) in [5, 5.41) is 9.04. The van der Waals surface area contributed by atoms with Gasteiger partial charge in [-0.3, -0.25) is 4.90 Å². The Balaban J connectivity index is 1.84. The summed E-state index contributed by atoms with van der Waals surface area (Å²) in [5.41, 5.74) is 6.49. The summed E-state index contributed by atoms with van der Waals surface area (Å²) >= 11 is 0. The molecule has 1 heterocycles. The van der Waals surface area contributed by atoms with Crippen LogP contribution in [-0.4, -0.2) is 67.3 Å². The minimum Gasteiger partial charge on any atom is -0.395 e. The van der Waals surface area contributed by atoms with E-state index in [1.807, 2.05) is 0 Å². The number of rotatable bonds is 5. The predicted octanol–water partition coefficient (Wildman–Crippen LogP) is 0.896. The van der Waals surface area contributed by atoms with Gasteiger partial charge in [0.1, 0.15) is 0 Å². The van der Waals surface area contributed by atoms with Gasteiger partial charge in [0.05, 0.1) is 6.61 Å². The van der Waals surface area contributed by atoms with Crippen molar-refractivity contribution in [2.24, 2.45) is 11.1 Å². The van der Waals surface area contributed by atoms with Gasteiger partial charge in [-0.2, -0.15) is 0 Å². The second-order valence-corrected chi connectivity index (χ2v) is 6.46. The Bertz CT molecular complexity index is 254. The maximum Gasteiger partial charge on any atom is 0.0558 e. The lowest BCUT2D eigenvalue weighted by molar-refractivity contribution is 0.112. The van der Waals surface area contributed by atoms with Crippen molar-refractivity contribution < 1.29 is 5.11 Å². The Morgan fingerprint density at radius 3 is 2.26 bits per heavy atom. The predicted molar refractivity (Wildman–Crippen MR) is 79.2 cm³/mol. The Morgan fingerprint density at radius 2 is 1.58 bits per heavy atom. The summed E-state index contributed by atoms with van der Waals surface area (Å²) < 4.78 is 0. The fourth-order valence-electron chi connectivity index (χ4n) is 3.75. The second-order valence-electron chi connectivity index (χ2n) is 6.46. The first-order valence-electron chi connectivity index (χ1n) is 8.04. The molecule has 1 aliphatic heterocycles. The molecule has 3 N–H and O–H groups in total. The molecule has 2 rings (SSSR count). The topological polar surface area (TPSA) is 52.7 Å². The van der Waals surface area contributed by atoms with Crippen LogP contribution in [0.2, 0.25) is 0 Å². The van der Waals surface area contributed by atoms with E-state index in [0.29, 0.717) is 5.41 Å². The Hall–Kier alpha value is -0.160. The Kier molecular flexibility index (Phi) is 6.07. The van der Waals surface area contributed by atoms with Crippen molar-refractivity contribution in [3.8, 4) is 0 Å². The zero-order chi connectivity index (χ0) is 13.6. The Labute approximate surface area is 117 Å². The van der Waals surface area contributed by atoms with Crippen molar-refractivity contribution in [1.82, 2.24) is 9.80 Å². The van der Waals surface area contributed by atoms with E-state index in [2.05, 4.69) is 9.80 Å². The molecule has 1 aliphatic carbocycles. The quantitative estimate of drug-likeness (QED) is 0.778. The largest absolute Gasteiger partial charge is 0.395 e. The van der Waals surface area contributed by atoms with Crippen LogP contribution in [0.5, 0.6) is 0 Å². The number of nitrogens with two attached hydrogens (primary N) is 1. The monoisotopic (exact) mass is 269 g/mol. The van der Waals surface area contributed by atoms with Gasteiger partial charge in [-0.05, 0) is 44.3 Å². The van der Waals surface area contributed by atoms with E-state index in [9.17, 15) is 0 Å². The zero-order valence-electron chi connectivity index (χ0n) is 12.3. The molecular formula is C15H31N3O. The maximum absolute atomic E-state index is 9.04. The molecule has 0 bridgehead atoms. The number of nitrogens with zero attached hydrogens (tertiary/aromatic N) is 2. The molecule has 0 unspecified atom stereocenters. The highest BCUT2D eigenvalue weighted by atomic mass is 16.3. The standard InChI is InChI=1S/C15H31N3O/c16-13-15(5-2-1-3-6-15)14-18-8-4-7-17(9-10-18)11-12-19/h19H,1-14,16H2. The summed E-state index contributed by atoms with van der Waals surface area (Å²) in [5.74, 6) is 0. The van der Waals surface area contributed by atoms with Crippen molar-refractivity contribution in [2.75, 3.05) is 52.4 Å². The van der Waals surface area contributed by atoms with Gasteiger partial charge in [0.15, 0.2) is 0 Å². The van der Waals surface area contributed by atoms with Crippen LogP contribution >= 0.6 is 0 Å². The zero-order valence-corrected chi connectivity index (χ0v) is 12.3. The number of aliphatic hydroxyl groups excluding tert-OH is 1. The van der Waals surface area contributed by atoms with Gasteiger partial charge in [-0.25, -0.2) is 0 Å². The van der Waals surface area contributed by atoms with E-state index in [-0.39, 0.29) is 6.61 Å². The minimum absolute atomic E-state index is 0.284. The van der Waals surface area contributed by atoms with Gasteiger partial charge in [0.2, 0.25) is 0 Å². The molecule has 0 atom stereocenters. The van der Waals surface area contributed by atoms with E-state index in [1.165, 1.54) is 51.6 Å². The Morgan fingerprint density at radius 1 is 0.895 bits per heavy atom. The van der Waals surface area contributed by atoms with Gasteiger partial charge in [-0.1, -0.05) is 19.3 Å². The van der Waals surface area contributed by atoms with Crippen LogP contribution in [0.1, 0.15) is 38.5 Å². The van der Waals surface area contributed by atoms with Crippen molar-refractivity contribution in [2.45, 2.75) is 38.5 Å². The number of β-amino-alcohol motifs (C(OH)–C–C–N with tert-alkyl or cyclic N) is 1. The van der Waals surface area contributed by atoms with Crippen molar-refractivity contribution in [3.63, 3.8) is 0 Å². The van der Waals surface area contributed by atoms with Crippen LogP contribution in [-0.2, 0) is 0 Å². The second kappa shape index (κ2) is 7.58. The smallest absolute Gasteiger partial charge is 0.0558 e. The van der Waals surface area contributed by atoms with Crippen LogP contribution in [0.15, 0.2) is 0 Å². The third-order valence-electron chi connectivity index (χ3n) is 5.00. The lowest BCUT2D eigenvalue weighted by atomic mass is 9.73. The molecule has 2 aliphatic rings. The lowest BCUT2D eigenvalue weighted by Gasteiger charge is -2.40. The molecule has 0 aromatic carbocycles.